The Hall–Kier alpha value is -1.75. The summed E-state index contributed by atoms with van der Waals surface area (Å²) >= 11 is 0. The van der Waals surface area contributed by atoms with Crippen LogP contribution in [0.2, 0.25) is 0 Å². The molecule has 0 radical (unpaired) electrons. The lowest BCUT2D eigenvalue weighted by Gasteiger charge is -2.36. The first-order valence-electron chi connectivity index (χ1n) is 9.65. The molecule has 2 heterocycles. The average molecular weight is 345 g/mol. The number of para-hydroxylation sites is 2. The number of piperidine rings is 1. The lowest BCUT2D eigenvalue weighted by molar-refractivity contribution is 0.140. The molecule has 0 saturated carbocycles. The fourth-order valence-corrected chi connectivity index (χ4v) is 3.69. The summed E-state index contributed by atoms with van der Waals surface area (Å²) in [5.74, 6) is 1.20. The van der Waals surface area contributed by atoms with Crippen LogP contribution in [0.5, 0.6) is 5.75 Å². The number of amides is 2. The number of hydrogen-bond donors (Lipinski definition) is 1. The van der Waals surface area contributed by atoms with Gasteiger partial charge in [0.1, 0.15) is 5.75 Å². The van der Waals surface area contributed by atoms with Gasteiger partial charge in [-0.3, -0.25) is 0 Å². The molecule has 5 heteroatoms. The summed E-state index contributed by atoms with van der Waals surface area (Å²) < 4.78 is 5.83. The summed E-state index contributed by atoms with van der Waals surface area (Å²) in [6.45, 7) is 9.02. The Labute approximate surface area is 151 Å². The van der Waals surface area contributed by atoms with Gasteiger partial charge in [0.15, 0.2) is 0 Å². The molecule has 0 spiro atoms. The topological polar surface area (TPSA) is 44.8 Å². The van der Waals surface area contributed by atoms with Crippen molar-refractivity contribution in [3.05, 3.63) is 24.3 Å². The molecule has 0 unspecified atom stereocenters. The number of urea groups is 1. The van der Waals surface area contributed by atoms with Crippen molar-refractivity contribution in [2.24, 2.45) is 5.92 Å². The third-order valence-electron chi connectivity index (χ3n) is 5.11. The summed E-state index contributed by atoms with van der Waals surface area (Å²) in [7, 11) is 0. The number of anilines is 1. The summed E-state index contributed by atoms with van der Waals surface area (Å²) in [6, 6.07) is 8.33. The number of hydrogen-bond acceptors (Lipinski definition) is 3. The van der Waals surface area contributed by atoms with Crippen molar-refractivity contribution in [3.63, 3.8) is 0 Å². The van der Waals surface area contributed by atoms with E-state index in [-0.39, 0.29) is 6.03 Å². The number of rotatable bonds is 5. The maximum atomic E-state index is 12.6. The zero-order valence-corrected chi connectivity index (χ0v) is 15.5. The molecule has 1 N–H and O–H groups in total. The van der Waals surface area contributed by atoms with Gasteiger partial charge < -0.3 is 19.9 Å². The van der Waals surface area contributed by atoms with Gasteiger partial charge in [-0.05, 0) is 56.8 Å². The van der Waals surface area contributed by atoms with Gasteiger partial charge in [0.25, 0.3) is 0 Å². The van der Waals surface area contributed by atoms with E-state index in [1.165, 1.54) is 25.9 Å². The van der Waals surface area contributed by atoms with E-state index in [1.807, 2.05) is 29.2 Å². The van der Waals surface area contributed by atoms with Crippen LogP contribution >= 0.6 is 0 Å². The van der Waals surface area contributed by atoms with Gasteiger partial charge in [0, 0.05) is 19.1 Å². The summed E-state index contributed by atoms with van der Waals surface area (Å²) in [6.07, 6.45) is 4.82. The van der Waals surface area contributed by atoms with Gasteiger partial charge in [-0.1, -0.05) is 26.0 Å². The van der Waals surface area contributed by atoms with Gasteiger partial charge in [0.05, 0.1) is 12.3 Å². The molecule has 138 valence electrons. The first-order chi connectivity index (χ1) is 12.1. The van der Waals surface area contributed by atoms with Crippen LogP contribution in [0, 0.1) is 5.92 Å². The van der Waals surface area contributed by atoms with E-state index in [4.69, 9.17) is 4.74 Å². The lowest BCUT2D eigenvalue weighted by Crippen LogP contribution is -2.47. The largest absolute Gasteiger partial charge is 0.491 e. The monoisotopic (exact) mass is 345 g/mol. The standard InChI is InChI=1S/C20H31N3O2/c1-16(2)15-25-19-8-4-3-7-18(19)21-20(24)23-13-9-17(10-14-23)22-11-5-6-12-22/h3-4,7-8,16-17H,5-6,9-15H2,1-2H3,(H,21,24). The van der Waals surface area contributed by atoms with Gasteiger partial charge in [-0.25, -0.2) is 4.79 Å². The molecular formula is C20H31N3O2. The Morgan fingerprint density at radius 1 is 1.16 bits per heavy atom. The first-order valence-corrected chi connectivity index (χ1v) is 9.65. The van der Waals surface area contributed by atoms with Crippen LogP contribution in [0.3, 0.4) is 0 Å². The Morgan fingerprint density at radius 2 is 1.84 bits per heavy atom. The van der Waals surface area contributed by atoms with Crippen molar-refractivity contribution in [3.8, 4) is 5.75 Å². The third kappa shape index (κ3) is 4.88. The number of nitrogens with one attached hydrogen (secondary N) is 1. The molecule has 1 aromatic carbocycles. The van der Waals surface area contributed by atoms with Crippen LogP contribution in [0.15, 0.2) is 24.3 Å². The van der Waals surface area contributed by atoms with Crippen LogP contribution in [0.1, 0.15) is 39.5 Å². The molecule has 0 aromatic heterocycles. The van der Waals surface area contributed by atoms with Gasteiger partial charge >= 0.3 is 6.03 Å². The lowest BCUT2D eigenvalue weighted by atomic mass is 10.0. The quantitative estimate of drug-likeness (QED) is 0.882. The smallest absolute Gasteiger partial charge is 0.321 e. The SMILES string of the molecule is CC(C)COc1ccccc1NC(=O)N1CCC(N2CCCC2)CC1. The molecule has 5 nitrogen and oxygen atoms in total. The maximum Gasteiger partial charge on any atom is 0.321 e. The van der Waals surface area contributed by atoms with Crippen molar-refractivity contribution < 1.29 is 9.53 Å². The number of carbonyl (C=O) groups excluding carboxylic acids is 1. The van der Waals surface area contributed by atoms with E-state index in [2.05, 4.69) is 24.1 Å². The Morgan fingerprint density at radius 3 is 2.52 bits per heavy atom. The number of benzene rings is 1. The van der Waals surface area contributed by atoms with Crippen molar-refractivity contribution in [1.82, 2.24) is 9.80 Å². The van der Waals surface area contributed by atoms with E-state index in [9.17, 15) is 4.79 Å². The molecule has 25 heavy (non-hydrogen) atoms. The fraction of sp³-hybridized carbons (Fsp3) is 0.650. The molecule has 1 aromatic rings. The molecule has 2 fully saturated rings. The molecule has 2 saturated heterocycles. The zero-order valence-electron chi connectivity index (χ0n) is 15.5. The molecule has 0 bridgehead atoms. The number of likely N-dealkylation sites (tertiary alicyclic amines) is 2. The highest BCUT2D eigenvalue weighted by Crippen LogP contribution is 2.26. The zero-order chi connectivity index (χ0) is 17.6. The van der Waals surface area contributed by atoms with Crippen LogP contribution < -0.4 is 10.1 Å². The minimum absolute atomic E-state index is 0.0135. The summed E-state index contributed by atoms with van der Waals surface area (Å²) in [5.41, 5.74) is 0.759. The van der Waals surface area contributed by atoms with Crippen LogP contribution in [0.25, 0.3) is 0 Å². The second kappa shape index (κ2) is 8.56. The molecule has 3 rings (SSSR count). The highest BCUT2D eigenvalue weighted by molar-refractivity contribution is 5.91. The predicted molar refractivity (Wildman–Crippen MR) is 101 cm³/mol. The molecule has 2 amide bonds. The van der Waals surface area contributed by atoms with Crippen LogP contribution in [0.4, 0.5) is 10.5 Å². The maximum absolute atomic E-state index is 12.6. The highest BCUT2D eigenvalue weighted by Gasteiger charge is 2.28. The number of nitrogens with zero attached hydrogens (tertiary/aromatic N) is 2. The van der Waals surface area contributed by atoms with Crippen molar-refractivity contribution in [2.75, 3.05) is 38.1 Å². The average Bonchev–Trinajstić information content (AvgIpc) is 3.15. The third-order valence-corrected chi connectivity index (χ3v) is 5.11. The van der Waals surface area contributed by atoms with Gasteiger partial charge in [-0.15, -0.1) is 0 Å². The molecule has 2 aliphatic rings. The molecular weight excluding hydrogens is 314 g/mol. The highest BCUT2D eigenvalue weighted by atomic mass is 16.5. The van der Waals surface area contributed by atoms with E-state index in [0.717, 1.165) is 37.4 Å². The minimum Gasteiger partial charge on any atom is -0.491 e. The van der Waals surface area contributed by atoms with Gasteiger partial charge in [-0.2, -0.15) is 0 Å². The van der Waals surface area contributed by atoms with Crippen molar-refractivity contribution in [1.29, 1.82) is 0 Å². The van der Waals surface area contributed by atoms with E-state index in [1.54, 1.807) is 0 Å². The van der Waals surface area contributed by atoms with Crippen molar-refractivity contribution in [2.45, 2.75) is 45.6 Å². The van der Waals surface area contributed by atoms with E-state index in [0.29, 0.717) is 18.6 Å². The Kier molecular flexibility index (Phi) is 6.19. The number of ether oxygens (including phenoxy) is 1. The van der Waals surface area contributed by atoms with Gasteiger partial charge in [0.2, 0.25) is 0 Å². The van der Waals surface area contributed by atoms with E-state index < -0.39 is 0 Å². The summed E-state index contributed by atoms with van der Waals surface area (Å²) in [5, 5.41) is 3.04. The summed E-state index contributed by atoms with van der Waals surface area (Å²) in [4.78, 5) is 17.2. The minimum atomic E-state index is -0.0135. The Balaban J connectivity index is 1.52. The molecule has 2 aliphatic heterocycles. The molecule has 0 atom stereocenters. The first kappa shape index (κ1) is 18.1. The second-order valence-corrected chi connectivity index (χ2v) is 7.59. The fourth-order valence-electron chi connectivity index (χ4n) is 3.69. The second-order valence-electron chi connectivity index (χ2n) is 7.59. The predicted octanol–water partition coefficient (Wildman–Crippen LogP) is 3.81. The van der Waals surface area contributed by atoms with Crippen LogP contribution in [-0.4, -0.2) is 54.7 Å². The van der Waals surface area contributed by atoms with E-state index >= 15 is 0 Å². The Bertz CT molecular complexity index is 562. The molecule has 0 aliphatic carbocycles. The normalized spacial score (nSPS) is 19.4. The van der Waals surface area contributed by atoms with Crippen LogP contribution in [-0.2, 0) is 0 Å². The van der Waals surface area contributed by atoms with Crippen molar-refractivity contribution >= 4 is 11.7 Å². The number of carbonyl (C=O) groups is 1.